The first kappa shape index (κ1) is 14.0. The van der Waals surface area contributed by atoms with Gasteiger partial charge in [-0.15, -0.1) is 0 Å². The van der Waals surface area contributed by atoms with Crippen LogP contribution in [-0.2, 0) is 4.74 Å². The molecule has 2 unspecified atom stereocenters. The summed E-state index contributed by atoms with van der Waals surface area (Å²) in [5.41, 5.74) is -0.170. The molecule has 2 atom stereocenters. The average Bonchev–Trinajstić information content (AvgIpc) is 2.26. The van der Waals surface area contributed by atoms with Crippen molar-refractivity contribution in [3.63, 3.8) is 0 Å². The minimum absolute atomic E-state index is 0.0243. The number of rotatable bonds is 3. The molecule has 1 aromatic heterocycles. The maximum Gasteiger partial charge on any atom is 0.331 e. The van der Waals surface area contributed by atoms with Gasteiger partial charge in [-0.25, -0.2) is 0 Å². The number of ether oxygens (including phenoxy) is 2. The minimum atomic E-state index is -0.523. The fourth-order valence-electron chi connectivity index (χ4n) is 2.23. The van der Waals surface area contributed by atoms with Crippen molar-refractivity contribution in [2.75, 3.05) is 0 Å². The summed E-state index contributed by atoms with van der Waals surface area (Å²) in [4.78, 5) is 14.3. The van der Waals surface area contributed by atoms with Crippen molar-refractivity contribution in [1.82, 2.24) is 4.98 Å². The lowest BCUT2D eigenvalue weighted by atomic mass is 10.0. The van der Waals surface area contributed by atoms with Crippen LogP contribution in [0.2, 0.25) is 5.15 Å². The van der Waals surface area contributed by atoms with Crippen LogP contribution in [0.1, 0.15) is 26.7 Å². The van der Waals surface area contributed by atoms with E-state index in [9.17, 15) is 10.1 Å². The molecule has 0 aliphatic carbocycles. The smallest absolute Gasteiger partial charge is 0.331 e. The molecule has 0 amide bonds. The van der Waals surface area contributed by atoms with Crippen molar-refractivity contribution in [2.24, 2.45) is 0 Å². The first-order chi connectivity index (χ1) is 8.95. The number of hydrogen-bond acceptors (Lipinski definition) is 5. The Bertz CT molecular complexity index is 473. The third kappa shape index (κ3) is 3.54. The molecule has 0 spiro atoms. The van der Waals surface area contributed by atoms with Gasteiger partial charge in [0, 0.05) is 18.9 Å². The van der Waals surface area contributed by atoms with Crippen LogP contribution in [0.5, 0.6) is 5.88 Å². The molecule has 104 valence electrons. The van der Waals surface area contributed by atoms with E-state index in [1.165, 1.54) is 12.1 Å². The first-order valence-corrected chi connectivity index (χ1v) is 6.46. The van der Waals surface area contributed by atoms with E-state index >= 15 is 0 Å². The van der Waals surface area contributed by atoms with Gasteiger partial charge < -0.3 is 9.47 Å². The predicted molar refractivity (Wildman–Crippen MR) is 69.6 cm³/mol. The number of aromatic nitrogens is 1. The Morgan fingerprint density at radius 2 is 2.05 bits per heavy atom. The van der Waals surface area contributed by atoms with Gasteiger partial charge in [0.05, 0.1) is 17.1 Å². The highest BCUT2D eigenvalue weighted by molar-refractivity contribution is 6.29. The zero-order chi connectivity index (χ0) is 14.0. The van der Waals surface area contributed by atoms with Gasteiger partial charge in [0.15, 0.2) is 0 Å². The summed E-state index contributed by atoms with van der Waals surface area (Å²) < 4.78 is 11.2. The van der Waals surface area contributed by atoms with Crippen LogP contribution in [0.4, 0.5) is 5.69 Å². The van der Waals surface area contributed by atoms with Crippen LogP contribution >= 0.6 is 11.6 Å². The zero-order valence-electron chi connectivity index (χ0n) is 10.7. The van der Waals surface area contributed by atoms with E-state index < -0.39 is 4.92 Å². The third-order valence-electron chi connectivity index (χ3n) is 2.94. The van der Waals surface area contributed by atoms with Gasteiger partial charge >= 0.3 is 5.69 Å². The molecule has 0 N–H and O–H groups in total. The van der Waals surface area contributed by atoms with Gasteiger partial charge in [-0.2, -0.15) is 4.98 Å². The SMILES string of the molecule is CC1CC(Oc2nc(Cl)ccc2[N+](=O)[O-])CC(C)O1. The molecular formula is C12H15ClN2O4. The van der Waals surface area contributed by atoms with Crippen molar-refractivity contribution >= 4 is 17.3 Å². The standard InChI is InChI=1S/C12H15ClN2O4/c1-7-5-9(6-8(2)18-7)19-12-10(15(16)17)3-4-11(13)14-12/h3-4,7-9H,5-6H2,1-2H3. The average molecular weight is 287 g/mol. The fourth-order valence-corrected chi connectivity index (χ4v) is 2.37. The van der Waals surface area contributed by atoms with Crippen molar-refractivity contribution in [1.29, 1.82) is 0 Å². The molecule has 1 aliphatic heterocycles. The summed E-state index contributed by atoms with van der Waals surface area (Å²) in [7, 11) is 0. The van der Waals surface area contributed by atoms with E-state index in [0.29, 0.717) is 12.8 Å². The highest BCUT2D eigenvalue weighted by Crippen LogP contribution is 2.30. The highest BCUT2D eigenvalue weighted by Gasteiger charge is 2.28. The number of pyridine rings is 1. The van der Waals surface area contributed by atoms with Crippen molar-refractivity contribution in [3.05, 3.63) is 27.4 Å². The fraction of sp³-hybridized carbons (Fsp3) is 0.583. The molecule has 2 heterocycles. The molecular weight excluding hydrogens is 272 g/mol. The summed E-state index contributed by atoms with van der Waals surface area (Å²) >= 11 is 5.76. The van der Waals surface area contributed by atoms with Crippen LogP contribution < -0.4 is 4.74 Å². The van der Waals surface area contributed by atoms with E-state index in [0.717, 1.165) is 0 Å². The number of nitro groups is 1. The molecule has 1 fully saturated rings. The first-order valence-electron chi connectivity index (χ1n) is 6.08. The third-order valence-corrected chi connectivity index (χ3v) is 3.15. The lowest BCUT2D eigenvalue weighted by molar-refractivity contribution is -0.386. The minimum Gasteiger partial charge on any atom is -0.469 e. The number of nitrogens with zero attached hydrogens (tertiary/aromatic N) is 2. The molecule has 19 heavy (non-hydrogen) atoms. The molecule has 0 bridgehead atoms. The second-order valence-corrected chi connectivity index (χ2v) is 5.07. The summed E-state index contributed by atoms with van der Waals surface area (Å²) in [6.45, 7) is 3.90. The maximum atomic E-state index is 10.9. The molecule has 6 nitrogen and oxygen atoms in total. The van der Waals surface area contributed by atoms with E-state index in [2.05, 4.69) is 4.98 Å². The Kier molecular flexibility index (Phi) is 4.21. The van der Waals surface area contributed by atoms with E-state index in [-0.39, 0.29) is 35.0 Å². The molecule has 0 radical (unpaired) electrons. The number of hydrogen-bond donors (Lipinski definition) is 0. The van der Waals surface area contributed by atoms with Crippen LogP contribution in [0.3, 0.4) is 0 Å². The molecule has 1 aliphatic rings. The van der Waals surface area contributed by atoms with Gasteiger partial charge in [-0.3, -0.25) is 10.1 Å². The molecule has 1 aromatic rings. The van der Waals surface area contributed by atoms with Gasteiger partial charge in [0.1, 0.15) is 11.3 Å². The second-order valence-electron chi connectivity index (χ2n) is 4.68. The normalized spacial score (nSPS) is 27.0. The lowest BCUT2D eigenvalue weighted by Crippen LogP contribution is -2.36. The van der Waals surface area contributed by atoms with Gasteiger partial charge in [-0.05, 0) is 19.9 Å². The Hall–Kier alpha value is -1.40. The van der Waals surface area contributed by atoms with E-state index in [1.54, 1.807) is 0 Å². The molecule has 2 rings (SSSR count). The molecule has 0 aromatic carbocycles. The number of halogens is 1. The second kappa shape index (κ2) is 5.71. The van der Waals surface area contributed by atoms with Gasteiger partial charge in [-0.1, -0.05) is 11.6 Å². The predicted octanol–water partition coefficient (Wildman–Crippen LogP) is 2.98. The van der Waals surface area contributed by atoms with Crippen LogP contribution in [-0.4, -0.2) is 28.2 Å². The summed E-state index contributed by atoms with van der Waals surface area (Å²) in [5, 5.41) is 11.1. The summed E-state index contributed by atoms with van der Waals surface area (Å²) in [6.07, 6.45) is 1.33. The quantitative estimate of drug-likeness (QED) is 0.485. The van der Waals surface area contributed by atoms with Crippen molar-refractivity contribution in [3.8, 4) is 5.88 Å². The van der Waals surface area contributed by atoms with Crippen LogP contribution in [0, 0.1) is 10.1 Å². The Labute approximate surface area is 115 Å². The lowest BCUT2D eigenvalue weighted by Gasteiger charge is -2.31. The van der Waals surface area contributed by atoms with Gasteiger partial charge in [0.25, 0.3) is 5.88 Å². The Morgan fingerprint density at radius 1 is 1.42 bits per heavy atom. The highest BCUT2D eigenvalue weighted by atomic mass is 35.5. The Balaban J connectivity index is 2.18. The van der Waals surface area contributed by atoms with Crippen molar-refractivity contribution < 1.29 is 14.4 Å². The molecule has 1 saturated heterocycles. The van der Waals surface area contributed by atoms with Crippen LogP contribution in [0.25, 0.3) is 0 Å². The Morgan fingerprint density at radius 3 is 2.63 bits per heavy atom. The summed E-state index contributed by atoms with van der Waals surface area (Å²) in [6, 6.07) is 2.68. The largest absolute Gasteiger partial charge is 0.469 e. The van der Waals surface area contributed by atoms with Crippen molar-refractivity contribution in [2.45, 2.75) is 45.0 Å². The zero-order valence-corrected chi connectivity index (χ0v) is 11.5. The van der Waals surface area contributed by atoms with Gasteiger partial charge in [0.2, 0.25) is 0 Å². The van der Waals surface area contributed by atoms with Crippen LogP contribution in [0.15, 0.2) is 12.1 Å². The van der Waals surface area contributed by atoms with E-state index in [4.69, 9.17) is 21.1 Å². The maximum absolute atomic E-state index is 10.9. The topological polar surface area (TPSA) is 74.5 Å². The molecule has 7 heteroatoms. The summed E-state index contributed by atoms with van der Waals surface area (Å²) in [5.74, 6) is -0.0243. The monoisotopic (exact) mass is 286 g/mol. The van der Waals surface area contributed by atoms with E-state index in [1.807, 2.05) is 13.8 Å². The molecule has 0 saturated carbocycles.